The van der Waals surface area contributed by atoms with Crippen molar-refractivity contribution in [3.05, 3.63) is 0 Å². The Balaban J connectivity index is 2.27. The lowest BCUT2D eigenvalue weighted by atomic mass is 9.85. The monoisotopic (exact) mass is 229 g/mol. The van der Waals surface area contributed by atoms with Gasteiger partial charge in [0, 0.05) is 0 Å². The molecule has 0 aromatic heterocycles. The second-order valence-electron chi connectivity index (χ2n) is 4.64. The minimum Gasteiger partial charge on any atom is -0.393 e. The van der Waals surface area contributed by atoms with Crippen molar-refractivity contribution < 1.29 is 9.90 Å². The van der Waals surface area contributed by atoms with E-state index in [1.807, 2.05) is 0 Å². The molecule has 0 saturated heterocycles. The first-order valence-corrected chi connectivity index (χ1v) is 6.06. The Morgan fingerprint density at radius 2 is 1.94 bits per heavy atom. The second kappa shape index (κ2) is 6.83. The SMILES string of the molecule is N[C@@H](CO)NC(=O)[C@@H](N)CC1CCCCC1. The molecule has 1 fully saturated rings. The summed E-state index contributed by atoms with van der Waals surface area (Å²) in [7, 11) is 0. The van der Waals surface area contributed by atoms with Crippen LogP contribution >= 0.6 is 0 Å². The molecule has 16 heavy (non-hydrogen) atoms. The Labute approximate surface area is 96.6 Å². The molecule has 6 N–H and O–H groups in total. The highest BCUT2D eigenvalue weighted by atomic mass is 16.3. The van der Waals surface area contributed by atoms with Crippen LogP contribution in [0.1, 0.15) is 38.5 Å². The van der Waals surface area contributed by atoms with Gasteiger partial charge in [-0.2, -0.15) is 0 Å². The standard InChI is InChI=1S/C11H23N3O2/c12-9(11(16)14-10(13)7-15)6-8-4-2-1-3-5-8/h8-10,15H,1-7,12-13H2,(H,14,16)/t9-,10+/m0/s1. The molecule has 0 unspecified atom stereocenters. The molecule has 0 aromatic carbocycles. The molecule has 94 valence electrons. The number of aliphatic hydroxyl groups excluding tert-OH is 1. The third kappa shape index (κ3) is 4.47. The van der Waals surface area contributed by atoms with E-state index in [4.69, 9.17) is 16.6 Å². The van der Waals surface area contributed by atoms with E-state index in [1.165, 1.54) is 32.1 Å². The molecule has 0 aromatic rings. The van der Waals surface area contributed by atoms with Crippen LogP contribution in [0.15, 0.2) is 0 Å². The molecule has 1 aliphatic carbocycles. The van der Waals surface area contributed by atoms with Crippen molar-refractivity contribution in [2.75, 3.05) is 6.61 Å². The van der Waals surface area contributed by atoms with Crippen molar-refractivity contribution in [3.63, 3.8) is 0 Å². The predicted octanol–water partition coefficient (Wildman–Crippen LogP) is -0.323. The van der Waals surface area contributed by atoms with Gasteiger partial charge in [0.25, 0.3) is 0 Å². The minimum atomic E-state index is -0.704. The molecule has 0 heterocycles. The minimum absolute atomic E-state index is 0.257. The molecule has 1 amide bonds. The molecule has 2 atom stereocenters. The van der Waals surface area contributed by atoms with Gasteiger partial charge in [-0.25, -0.2) is 0 Å². The van der Waals surface area contributed by atoms with E-state index in [0.717, 1.165) is 6.42 Å². The summed E-state index contributed by atoms with van der Waals surface area (Å²) in [6, 6.07) is -0.499. The molecular formula is C11H23N3O2. The van der Waals surface area contributed by atoms with Gasteiger partial charge in [0.15, 0.2) is 0 Å². The average Bonchev–Trinajstić information content (AvgIpc) is 2.30. The van der Waals surface area contributed by atoms with Crippen molar-refractivity contribution in [2.24, 2.45) is 17.4 Å². The largest absolute Gasteiger partial charge is 0.393 e. The maximum atomic E-state index is 11.6. The van der Waals surface area contributed by atoms with Gasteiger partial charge in [-0.3, -0.25) is 4.79 Å². The lowest BCUT2D eigenvalue weighted by Crippen LogP contribution is -2.51. The van der Waals surface area contributed by atoms with Crippen molar-refractivity contribution >= 4 is 5.91 Å². The van der Waals surface area contributed by atoms with Crippen LogP contribution in [-0.2, 0) is 4.79 Å². The first-order chi connectivity index (χ1) is 7.63. The van der Waals surface area contributed by atoms with Crippen LogP contribution in [0.25, 0.3) is 0 Å². The topological polar surface area (TPSA) is 101 Å². The van der Waals surface area contributed by atoms with Crippen molar-refractivity contribution in [2.45, 2.75) is 50.7 Å². The van der Waals surface area contributed by atoms with E-state index in [2.05, 4.69) is 5.32 Å². The highest BCUT2D eigenvalue weighted by Crippen LogP contribution is 2.26. The zero-order chi connectivity index (χ0) is 12.0. The summed E-state index contributed by atoms with van der Waals surface area (Å²) < 4.78 is 0. The van der Waals surface area contributed by atoms with E-state index in [9.17, 15) is 4.79 Å². The molecular weight excluding hydrogens is 206 g/mol. The van der Waals surface area contributed by atoms with Crippen LogP contribution < -0.4 is 16.8 Å². The maximum Gasteiger partial charge on any atom is 0.238 e. The number of carbonyl (C=O) groups is 1. The lowest BCUT2D eigenvalue weighted by molar-refractivity contribution is -0.123. The Bertz CT molecular complexity index is 217. The van der Waals surface area contributed by atoms with Gasteiger partial charge in [-0.15, -0.1) is 0 Å². The van der Waals surface area contributed by atoms with Gasteiger partial charge in [0.05, 0.1) is 12.6 Å². The molecule has 0 radical (unpaired) electrons. The number of carbonyl (C=O) groups excluding carboxylic acids is 1. The van der Waals surface area contributed by atoms with E-state index in [0.29, 0.717) is 5.92 Å². The first kappa shape index (κ1) is 13.4. The van der Waals surface area contributed by atoms with Crippen LogP contribution in [0.5, 0.6) is 0 Å². The Morgan fingerprint density at radius 3 is 2.50 bits per heavy atom. The summed E-state index contributed by atoms with van der Waals surface area (Å²) in [5.74, 6) is 0.312. The first-order valence-electron chi connectivity index (χ1n) is 6.06. The Hall–Kier alpha value is -0.650. The molecule has 0 spiro atoms. The van der Waals surface area contributed by atoms with Crippen LogP contribution in [0, 0.1) is 5.92 Å². The van der Waals surface area contributed by atoms with E-state index in [1.54, 1.807) is 0 Å². The van der Waals surface area contributed by atoms with Crippen LogP contribution in [-0.4, -0.2) is 29.8 Å². The zero-order valence-electron chi connectivity index (χ0n) is 9.69. The highest BCUT2D eigenvalue weighted by molar-refractivity contribution is 5.81. The molecule has 1 aliphatic rings. The number of rotatable bonds is 5. The molecule has 1 saturated carbocycles. The third-order valence-electron chi connectivity index (χ3n) is 3.17. The van der Waals surface area contributed by atoms with Crippen LogP contribution in [0.3, 0.4) is 0 Å². The quantitative estimate of drug-likeness (QED) is 0.485. The lowest BCUT2D eigenvalue weighted by Gasteiger charge is -2.24. The van der Waals surface area contributed by atoms with E-state index in [-0.39, 0.29) is 12.5 Å². The summed E-state index contributed by atoms with van der Waals surface area (Å²) in [6.45, 7) is -0.262. The number of hydrogen-bond acceptors (Lipinski definition) is 4. The molecule has 1 rings (SSSR count). The fourth-order valence-electron chi connectivity index (χ4n) is 2.22. The van der Waals surface area contributed by atoms with E-state index < -0.39 is 12.2 Å². The Kier molecular flexibility index (Phi) is 5.73. The summed E-state index contributed by atoms with van der Waals surface area (Å²) >= 11 is 0. The van der Waals surface area contributed by atoms with E-state index >= 15 is 0 Å². The number of nitrogens with two attached hydrogens (primary N) is 2. The maximum absolute atomic E-state index is 11.6. The van der Waals surface area contributed by atoms with Crippen molar-refractivity contribution in [1.29, 1.82) is 0 Å². The third-order valence-corrected chi connectivity index (χ3v) is 3.17. The summed E-state index contributed by atoms with van der Waals surface area (Å²) in [5.41, 5.74) is 11.2. The molecule has 0 bridgehead atoms. The van der Waals surface area contributed by atoms with Gasteiger partial charge in [0.1, 0.15) is 6.17 Å². The van der Waals surface area contributed by atoms with Gasteiger partial charge < -0.3 is 21.9 Å². The fourth-order valence-corrected chi connectivity index (χ4v) is 2.22. The summed E-state index contributed by atoms with van der Waals surface area (Å²) in [6.07, 6.45) is 6.16. The smallest absolute Gasteiger partial charge is 0.238 e. The van der Waals surface area contributed by atoms with Crippen molar-refractivity contribution in [1.82, 2.24) is 5.32 Å². The second-order valence-corrected chi connectivity index (χ2v) is 4.64. The van der Waals surface area contributed by atoms with Gasteiger partial charge in [0.2, 0.25) is 5.91 Å². The normalized spacial score (nSPS) is 21.4. The van der Waals surface area contributed by atoms with Crippen LogP contribution in [0.2, 0.25) is 0 Å². The fraction of sp³-hybridized carbons (Fsp3) is 0.909. The van der Waals surface area contributed by atoms with Gasteiger partial charge in [-0.05, 0) is 12.3 Å². The summed E-state index contributed by atoms with van der Waals surface area (Å²) in [4.78, 5) is 11.6. The van der Waals surface area contributed by atoms with Crippen molar-refractivity contribution in [3.8, 4) is 0 Å². The predicted molar refractivity (Wildman–Crippen MR) is 62.4 cm³/mol. The number of nitrogens with one attached hydrogen (secondary N) is 1. The Morgan fingerprint density at radius 1 is 1.31 bits per heavy atom. The summed E-state index contributed by atoms with van der Waals surface area (Å²) in [5, 5.41) is 11.2. The number of amides is 1. The average molecular weight is 229 g/mol. The highest BCUT2D eigenvalue weighted by Gasteiger charge is 2.21. The zero-order valence-corrected chi connectivity index (χ0v) is 9.69. The van der Waals surface area contributed by atoms with Gasteiger partial charge in [-0.1, -0.05) is 32.1 Å². The number of aliphatic hydroxyl groups is 1. The molecule has 5 nitrogen and oxygen atoms in total. The molecule has 0 aliphatic heterocycles. The van der Waals surface area contributed by atoms with Gasteiger partial charge >= 0.3 is 0 Å². The van der Waals surface area contributed by atoms with Crippen LogP contribution in [0.4, 0.5) is 0 Å². The number of hydrogen-bond donors (Lipinski definition) is 4. The molecule has 5 heteroatoms.